The Bertz CT molecular complexity index is 912. The van der Waals surface area contributed by atoms with Gasteiger partial charge in [-0.25, -0.2) is 14.1 Å². The maximum Gasteiger partial charge on any atom is 0.329 e. The lowest BCUT2D eigenvalue weighted by Gasteiger charge is -2.11. The Hall–Kier alpha value is -3.00. The summed E-state index contributed by atoms with van der Waals surface area (Å²) in [4.78, 5) is 37.2. The SMILES string of the molecule is O=C(CN1C(=O)N/C(=C\c2cccc(Br)c2)C1=O)Nc1ccc(F)cc1. The fourth-order valence-corrected chi connectivity index (χ4v) is 2.77. The third-order valence-corrected chi connectivity index (χ3v) is 4.04. The molecule has 2 aromatic carbocycles. The molecular weight excluding hydrogens is 405 g/mol. The maximum atomic E-state index is 12.9. The largest absolute Gasteiger partial charge is 0.329 e. The molecule has 0 atom stereocenters. The number of imide groups is 1. The molecule has 0 aromatic heterocycles. The molecule has 2 aromatic rings. The predicted octanol–water partition coefficient (Wildman–Crippen LogP) is 3.12. The number of carbonyl (C=O) groups excluding carboxylic acids is 3. The zero-order valence-electron chi connectivity index (χ0n) is 13.3. The standard InChI is InChI=1S/C18H13BrFN3O3/c19-12-3-1-2-11(8-12)9-15-17(25)23(18(26)22-15)10-16(24)21-14-6-4-13(20)5-7-14/h1-9H,10H2,(H,21,24)(H,22,26)/b15-9-. The van der Waals surface area contributed by atoms with Gasteiger partial charge in [-0.3, -0.25) is 9.59 Å². The van der Waals surface area contributed by atoms with Crippen LogP contribution in [0.4, 0.5) is 14.9 Å². The van der Waals surface area contributed by atoms with Gasteiger partial charge in [-0.15, -0.1) is 0 Å². The first-order chi connectivity index (χ1) is 12.4. The van der Waals surface area contributed by atoms with Gasteiger partial charge in [0, 0.05) is 10.2 Å². The number of hydrogen-bond donors (Lipinski definition) is 2. The average Bonchev–Trinajstić information content (AvgIpc) is 2.84. The number of nitrogens with zero attached hydrogens (tertiary/aromatic N) is 1. The summed E-state index contributed by atoms with van der Waals surface area (Å²) in [5.74, 6) is -1.59. The van der Waals surface area contributed by atoms with Crippen molar-refractivity contribution in [3.63, 3.8) is 0 Å². The van der Waals surface area contributed by atoms with Crippen LogP contribution in [-0.2, 0) is 9.59 Å². The second-order valence-electron chi connectivity index (χ2n) is 5.49. The van der Waals surface area contributed by atoms with Crippen LogP contribution in [0.2, 0.25) is 0 Å². The average molecular weight is 418 g/mol. The highest BCUT2D eigenvalue weighted by Gasteiger charge is 2.34. The molecule has 1 fully saturated rings. The Labute approximate surface area is 156 Å². The van der Waals surface area contributed by atoms with Crippen molar-refractivity contribution in [2.45, 2.75) is 0 Å². The topological polar surface area (TPSA) is 78.5 Å². The van der Waals surface area contributed by atoms with Crippen LogP contribution in [0.1, 0.15) is 5.56 Å². The number of rotatable bonds is 4. The van der Waals surface area contributed by atoms with Crippen molar-refractivity contribution in [3.8, 4) is 0 Å². The second-order valence-corrected chi connectivity index (χ2v) is 6.41. The molecule has 1 heterocycles. The van der Waals surface area contributed by atoms with Gasteiger partial charge < -0.3 is 10.6 Å². The quantitative estimate of drug-likeness (QED) is 0.592. The first kappa shape index (κ1) is 17.8. The summed E-state index contributed by atoms with van der Waals surface area (Å²) < 4.78 is 13.7. The monoisotopic (exact) mass is 417 g/mol. The van der Waals surface area contributed by atoms with Crippen molar-refractivity contribution in [2.75, 3.05) is 11.9 Å². The minimum absolute atomic E-state index is 0.0858. The van der Waals surface area contributed by atoms with E-state index in [0.29, 0.717) is 5.69 Å². The first-order valence-electron chi connectivity index (χ1n) is 7.58. The number of benzene rings is 2. The van der Waals surface area contributed by atoms with E-state index in [1.54, 1.807) is 18.2 Å². The third kappa shape index (κ3) is 4.15. The molecule has 132 valence electrons. The van der Waals surface area contributed by atoms with Crippen LogP contribution in [0.25, 0.3) is 6.08 Å². The van der Waals surface area contributed by atoms with Gasteiger partial charge in [0.1, 0.15) is 18.1 Å². The maximum absolute atomic E-state index is 12.9. The number of amides is 4. The van der Waals surface area contributed by atoms with E-state index >= 15 is 0 Å². The fourth-order valence-electron chi connectivity index (χ4n) is 2.36. The molecule has 1 aliphatic rings. The van der Waals surface area contributed by atoms with Crippen molar-refractivity contribution in [1.82, 2.24) is 10.2 Å². The Morgan fingerprint density at radius 2 is 1.92 bits per heavy atom. The van der Waals surface area contributed by atoms with Gasteiger partial charge in [0.25, 0.3) is 5.91 Å². The van der Waals surface area contributed by atoms with Crippen LogP contribution in [0.15, 0.2) is 58.7 Å². The van der Waals surface area contributed by atoms with Crippen molar-refractivity contribution in [2.24, 2.45) is 0 Å². The Balaban J connectivity index is 1.69. The van der Waals surface area contributed by atoms with E-state index in [9.17, 15) is 18.8 Å². The van der Waals surface area contributed by atoms with Crippen LogP contribution in [-0.4, -0.2) is 29.3 Å². The number of urea groups is 1. The minimum atomic E-state index is -0.675. The Morgan fingerprint density at radius 3 is 2.62 bits per heavy atom. The molecule has 6 nitrogen and oxygen atoms in total. The summed E-state index contributed by atoms with van der Waals surface area (Å²) in [5.41, 5.74) is 1.18. The summed E-state index contributed by atoms with van der Waals surface area (Å²) in [6, 6.07) is 11.7. The van der Waals surface area contributed by atoms with E-state index in [1.807, 2.05) is 6.07 Å². The highest BCUT2D eigenvalue weighted by Crippen LogP contribution is 2.17. The van der Waals surface area contributed by atoms with E-state index in [0.717, 1.165) is 14.9 Å². The lowest BCUT2D eigenvalue weighted by Crippen LogP contribution is -2.38. The summed E-state index contributed by atoms with van der Waals surface area (Å²) in [6.07, 6.45) is 1.53. The second kappa shape index (κ2) is 7.49. The number of hydrogen-bond acceptors (Lipinski definition) is 3. The highest BCUT2D eigenvalue weighted by atomic mass is 79.9. The fraction of sp³-hybridized carbons (Fsp3) is 0.0556. The van der Waals surface area contributed by atoms with Gasteiger partial charge in [0.05, 0.1) is 0 Å². The van der Waals surface area contributed by atoms with Gasteiger partial charge in [-0.2, -0.15) is 0 Å². The normalized spacial score (nSPS) is 15.3. The number of carbonyl (C=O) groups is 3. The molecule has 1 saturated heterocycles. The highest BCUT2D eigenvalue weighted by molar-refractivity contribution is 9.10. The van der Waals surface area contributed by atoms with Crippen molar-refractivity contribution in [3.05, 3.63) is 70.1 Å². The van der Waals surface area contributed by atoms with Gasteiger partial charge >= 0.3 is 6.03 Å². The van der Waals surface area contributed by atoms with Gasteiger partial charge in [-0.1, -0.05) is 28.1 Å². The van der Waals surface area contributed by atoms with E-state index in [1.165, 1.54) is 30.3 Å². The van der Waals surface area contributed by atoms with E-state index < -0.39 is 30.2 Å². The molecule has 0 spiro atoms. The van der Waals surface area contributed by atoms with E-state index in [4.69, 9.17) is 0 Å². The molecule has 0 aliphatic carbocycles. The zero-order valence-corrected chi connectivity index (χ0v) is 14.9. The molecule has 0 bridgehead atoms. The summed E-state index contributed by atoms with van der Waals surface area (Å²) in [5, 5.41) is 4.96. The van der Waals surface area contributed by atoms with Crippen molar-refractivity contribution < 1.29 is 18.8 Å². The smallest absolute Gasteiger partial charge is 0.325 e. The van der Waals surface area contributed by atoms with Crippen molar-refractivity contribution in [1.29, 1.82) is 0 Å². The van der Waals surface area contributed by atoms with Gasteiger partial charge in [0.2, 0.25) is 5.91 Å². The Kier molecular flexibility index (Phi) is 5.13. The van der Waals surface area contributed by atoms with E-state index in [2.05, 4.69) is 26.6 Å². The third-order valence-electron chi connectivity index (χ3n) is 3.55. The summed E-state index contributed by atoms with van der Waals surface area (Å²) in [6.45, 7) is -0.447. The van der Waals surface area contributed by atoms with E-state index in [-0.39, 0.29) is 5.70 Å². The lowest BCUT2D eigenvalue weighted by atomic mass is 10.2. The molecule has 0 unspecified atom stereocenters. The number of anilines is 1. The van der Waals surface area contributed by atoms with Gasteiger partial charge in [-0.05, 0) is 48.0 Å². The predicted molar refractivity (Wildman–Crippen MR) is 97.4 cm³/mol. The molecule has 8 heteroatoms. The van der Waals surface area contributed by atoms with Crippen LogP contribution >= 0.6 is 15.9 Å². The summed E-state index contributed by atoms with van der Waals surface area (Å²) >= 11 is 3.33. The van der Waals surface area contributed by atoms with Gasteiger partial charge in [0.15, 0.2) is 0 Å². The number of halogens is 2. The Morgan fingerprint density at radius 1 is 1.19 bits per heavy atom. The molecule has 2 N–H and O–H groups in total. The molecule has 1 aliphatic heterocycles. The first-order valence-corrected chi connectivity index (χ1v) is 8.37. The lowest BCUT2D eigenvalue weighted by molar-refractivity contribution is -0.127. The van der Waals surface area contributed by atoms with Crippen LogP contribution in [0.3, 0.4) is 0 Å². The molecule has 3 rings (SSSR count). The van der Waals surface area contributed by atoms with Crippen molar-refractivity contribution >= 4 is 45.5 Å². The molecule has 4 amide bonds. The van der Waals surface area contributed by atoms with Crippen LogP contribution in [0.5, 0.6) is 0 Å². The molecule has 0 saturated carbocycles. The van der Waals surface area contributed by atoms with Crippen LogP contribution < -0.4 is 10.6 Å². The minimum Gasteiger partial charge on any atom is -0.325 e. The molecule has 0 radical (unpaired) electrons. The molecule has 26 heavy (non-hydrogen) atoms. The van der Waals surface area contributed by atoms with Crippen LogP contribution in [0, 0.1) is 5.82 Å². The zero-order chi connectivity index (χ0) is 18.7. The summed E-state index contributed by atoms with van der Waals surface area (Å²) in [7, 11) is 0. The molecular formula is C18H13BrFN3O3. The number of nitrogens with one attached hydrogen (secondary N) is 2.